The number of nitrogens with zero attached hydrogens (tertiary/aromatic N) is 2. The van der Waals surface area contributed by atoms with Gasteiger partial charge in [-0.05, 0) is 12.1 Å². The molecule has 0 unspecified atom stereocenters. The Balaban J connectivity index is 1.92. The average Bonchev–Trinajstić information content (AvgIpc) is 2.51. The van der Waals surface area contributed by atoms with Gasteiger partial charge in [0.25, 0.3) is 0 Å². The summed E-state index contributed by atoms with van der Waals surface area (Å²) in [6.45, 7) is 0.177. The molecule has 0 N–H and O–H groups in total. The number of hydrogen-bond acceptors (Lipinski definition) is 8. The molecule has 130 valence electrons. The summed E-state index contributed by atoms with van der Waals surface area (Å²) in [6.07, 6.45) is 2.12. The summed E-state index contributed by atoms with van der Waals surface area (Å²) in [7, 11) is -6.81. The molecule has 2 rings (SSSR count). The van der Waals surface area contributed by atoms with Gasteiger partial charge in [0.1, 0.15) is 13.2 Å². The zero-order valence-electron chi connectivity index (χ0n) is 13.0. The maximum absolute atomic E-state index is 11.4. The second kappa shape index (κ2) is 7.14. The lowest BCUT2D eigenvalue weighted by molar-refractivity contribution is 0.205. The van der Waals surface area contributed by atoms with E-state index >= 15 is 0 Å². The monoisotopic (exact) mass is 372 g/mol. The Morgan fingerprint density at radius 1 is 0.750 bits per heavy atom. The number of hydrogen-bond donors (Lipinski definition) is 0. The third-order valence-electron chi connectivity index (χ3n) is 2.74. The molecule has 0 aliphatic heterocycles. The molecule has 2 aromatic heterocycles. The predicted octanol–water partition coefficient (Wildman–Crippen LogP) is 0.741. The van der Waals surface area contributed by atoms with Crippen LogP contribution in [0.4, 0.5) is 0 Å². The molecule has 0 atom stereocenters. The number of ether oxygens (including phenoxy) is 2. The maximum Gasteiger partial charge on any atom is 0.214 e. The molecule has 0 aliphatic carbocycles. The van der Waals surface area contributed by atoms with E-state index in [1.165, 1.54) is 36.4 Å². The minimum Gasteiger partial charge on any atom is -0.474 e. The molecule has 0 amide bonds. The summed E-state index contributed by atoms with van der Waals surface area (Å²) in [5.74, 6) is 0.304. The van der Waals surface area contributed by atoms with Gasteiger partial charge in [0.05, 0.1) is 0 Å². The van der Waals surface area contributed by atoms with Crippen molar-refractivity contribution in [2.45, 2.75) is 10.1 Å². The lowest BCUT2D eigenvalue weighted by Crippen LogP contribution is -2.12. The molecule has 0 saturated heterocycles. The Labute approximate surface area is 140 Å². The fourth-order valence-corrected chi connectivity index (χ4v) is 2.82. The number of rotatable bonds is 7. The Kier molecular flexibility index (Phi) is 5.40. The number of aromatic nitrogens is 2. The van der Waals surface area contributed by atoms with Crippen molar-refractivity contribution in [2.24, 2.45) is 0 Å². The molecule has 2 heterocycles. The standard InChI is InChI=1S/C14H16N2O6S2/c1-23(17,18)13-7-3-5-11(15-13)21-9-10-22-12-6-4-8-14(16-12)24(2,19)20/h3-8H,9-10H2,1-2H3. The van der Waals surface area contributed by atoms with Gasteiger partial charge in [0.15, 0.2) is 29.7 Å². The topological polar surface area (TPSA) is 113 Å². The van der Waals surface area contributed by atoms with Crippen LogP contribution < -0.4 is 9.47 Å². The van der Waals surface area contributed by atoms with Crippen molar-refractivity contribution in [1.29, 1.82) is 0 Å². The Morgan fingerprint density at radius 2 is 1.12 bits per heavy atom. The van der Waals surface area contributed by atoms with Crippen LogP contribution in [0.5, 0.6) is 11.8 Å². The highest BCUT2D eigenvalue weighted by atomic mass is 32.2. The highest BCUT2D eigenvalue weighted by Gasteiger charge is 2.11. The Hall–Kier alpha value is -2.20. The van der Waals surface area contributed by atoms with Crippen LogP contribution in [0.25, 0.3) is 0 Å². The van der Waals surface area contributed by atoms with Gasteiger partial charge in [-0.2, -0.15) is 0 Å². The van der Waals surface area contributed by atoms with E-state index in [1.807, 2.05) is 0 Å². The minimum atomic E-state index is -3.41. The first-order valence-electron chi connectivity index (χ1n) is 6.76. The van der Waals surface area contributed by atoms with Gasteiger partial charge in [-0.1, -0.05) is 12.1 Å². The maximum atomic E-state index is 11.4. The molecule has 8 nitrogen and oxygen atoms in total. The molecule has 10 heteroatoms. The molecule has 0 saturated carbocycles. The van der Waals surface area contributed by atoms with Crippen LogP contribution in [-0.4, -0.2) is 52.5 Å². The SMILES string of the molecule is CS(=O)(=O)c1cccc(OCCOc2cccc(S(C)(=O)=O)n2)n1. The van der Waals surface area contributed by atoms with Crippen molar-refractivity contribution in [2.75, 3.05) is 25.7 Å². The van der Waals surface area contributed by atoms with Crippen molar-refractivity contribution >= 4 is 19.7 Å². The van der Waals surface area contributed by atoms with Crippen LogP contribution in [0.1, 0.15) is 0 Å². The third kappa shape index (κ3) is 5.17. The van der Waals surface area contributed by atoms with Crippen LogP contribution in [0.2, 0.25) is 0 Å². The van der Waals surface area contributed by atoms with Gasteiger partial charge >= 0.3 is 0 Å². The smallest absolute Gasteiger partial charge is 0.214 e. The molecule has 0 spiro atoms. The van der Waals surface area contributed by atoms with E-state index in [0.29, 0.717) is 0 Å². The lowest BCUT2D eigenvalue weighted by atomic mass is 10.5. The van der Waals surface area contributed by atoms with E-state index in [4.69, 9.17) is 9.47 Å². The molecular weight excluding hydrogens is 356 g/mol. The second-order valence-electron chi connectivity index (χ2n) is 4.87. The van der Waals surface area contributed by atoms with Crippen molar-refractivity contribution < 1.29 is 26.3 Å². The summed E-state index contributed by atoms with van der Waals surface area (Å²) >= 11 is 0. The Bertz CT molecular complexity index is 848. The highest BCUT2D eigenvalue weighted by Crippen LogP contribution is 2.13. The predicted molar refractivity (Wildman–Crippen MR) is 85.7 cm³/mol. The van der Waals surface area contributed by atoms with Crippen molar-refractivity contribution in [1.82, 2.24) is 9.97 Å². The van der Waals surface area contributed by atoms with E-state index in [-0.39, 0.29) is 35.0 Å². The summed E-state index contributed by atoms with van der Waals surface area (Å²) < 4.78 is 56.3. The fourth-order valence-electron chi connectivity index (χ4n) is 1.66. The highest BCUT2D eigenvalue weighted by molar-refractivity contribution is 7.90. The first-order chi connectivity index (χ1) is 11.2. The molecule has 0 fully saturated rings. The zero-order chi connectivity index (χ0) is 17.8. The molecule has 0 aliphatic rings. The largest absolute Gasteiger partial charge is 0.474 e. The van der Waals surface area contributed by atoms with Gasteiger partial charge in [-0.3, -0.25) is 0 Å². The summed E-state index contributed by atoms with van der Waals surface area (Å²) in [5.41, 5.74) is 0. The lowest BCUT2D eigenvalue weighted by Gasteiger charge is -2.08. The summed E-state index contributed by atoms with van der Waals surface area (Å²) in [4.78, 5) is 7.75. The quantitative estimate of drug-likeness (QED) is 0.654. The van der Waals surface area contributed by atoms with E-state index in [0.717, 1.165) is 12.5 Å². The van der Waals surface area contributed by atoms with Gasteiger partial charge in [0.2, 0.25) is 11.8 Å². The fraction of sp³-hybridized carbons (Fsp3) is 0.286. The molecule has 2 aromatic rings. The van der Waals surface area contributed by atoms with Crippen molar-refractivity contribution in [3.05, 3.63) is 36.4 Å². The second-order valence-corrected chi connectivity index (χ2v) is 8.79. The first-order valence-corrected chi connectivity index (χ1v) is 10.5. The van der Waals surface area contributed by atoms with Crippen LogP contribution in [0.3, 0.4) is 0 Å². The van der Waals surface area contributed by atoms with E-state index in [2.05, 4.69) is 9.97 Å². The normalized spacial score (nSPS) is 11.9. The van der Waals surface area contributed by atoms with Crippen molar-refractivity contribution in [3.8, 4) is 11.8 Å². The average molecular weight is 372 g/mol. The first kappa shape index (κ1) is 18.1. The van der Waals surface area contributed by atoms with Crippen LogP contribution in [0, 0.1) is 0 Å². The van der Waals surface area contributed by atoms with Gasteiger partial charge in [0, 0.05) is 24.6 Å². The molecule has 0 aromatic carbocycles. The molecular formula is C14H16N2O6S2. The molecule has 24 heavy (non-hydrogen) atoms. The molecule has 0 radical (unpaired) electrons. The zero-order valence-corrected chi connectivity index (χ0v) is 14.7. The molecule has 0 bridgehead atoms. The van der Waals surface area contributed by atoms with Crippen LogP contribution >= 0.6 is 0 Å². The Morgan fingerprint density at radius 3 is 1.46 bits per heavy atom. The number of sulfone groups is 2. The number of pyridine rings is 2. The summed E-state index contributed by atoms with van der Waals surface area (Å²) in [5, 5.41) is -0.160. The van der Waals surface area contributed by atoms with E-state index < -0.39 is 19.7 Å². The van der Waals surface area contributed by atoms with Crippen LogP contribution in [-0.2, 0) is 19.7 Å². The summed E-state index contributed by atoms with van der Waals surface area (Å²) in [6, 6.07) is 8.85. The van der Waals surface area contributed by atoms with Gasteiger partial charge < -0.3 is 9.47 Å². The van der Waals surface area contributed by atoms with Gasteiger partial charge in [-0.25, -0.2) is 26.8 Å². The van der Waals surface area contributed by atoms with Crippen LogP contribution in [0.15, 0.2) is 46.5 Å². The van der Waals surface area contributed by atoms with E-state index in [1.54, 1.807) is 0 Å². The van der Waals surface area contributed by atoms with Gasteiger partial charge in [-0.15, -0.1) is 0 Å². The van der Waals surface area contributed by atoms with Crippen molar-refractivity contribution in [3.63, 3.8) is 0 Å². The van der Waals surface area contributed by atoms with E-state index in [9.17, 15) is 16.8 Å². The third-order valence-corrected chi connectivity index (χ3v) is 4.71. The minimum absolute atomic E-state index is 0.0801.